The highest BCUT2D eigenvalue weighted by atomic mass is 79.9. The van der Waals surface area contributed by atoms with Gasteiger partial charge in [0.05, 0.1) is 7.11 Å². The Morgan fingerprint density at radius 3 is 2.62 bits per heavy atom. The largest absolute Gasteiger partial charge is 0.504 e. The molecule has 0 radical (unpaired) electrons. The molecule has 7 heteroatoms. The van der Waals surface area contributed by atoms with Crippen molar-refractivity contribution in [2.75, 3.05) is 39.9 Å². The summed E-state index contributed by atoms with van der Waals surface area (Å²) in [5.41, 5.74) is 0.798. The topological polar surface area (TPSA) is 65.0 Å². The van der Waals surface area contributed by atoms with Crippen LogP contribution in [-0.4, -0.2) is 55.0 Å². The number of benzene rings is 1. The van der Waals surface area contributed by atoms with E-state index in [2.05, 4.69) is 26.1 Å². The molecule has 2 rings (SSSR count). The minimum absolute atomic E-state index is 0. The lowest BCUT2D eigenvalue weighted by Gasteiger charge is -2.35. The number of aliphatic hydroxyl groups is 1. The van der Waals surface area contributed by atoms with Crippen molar-refractivity contribution < 1.29 is 14.9 Å². The Balaban J connectivity index is 0.00000220. The SMILES string of the molecule is COc1cc(Br)cc([C@@H](CCO)N2CCNCC2)c1O.Cl. The van der Waals surface area contributed by atoms with E-state index in [9.17, 15) is 10.2 Å². The summed E-state index contributed by atoms with van der Waals surface area (Å²) >= 11 is 3.45. The molecule has 0 unspecified atom stereocenters. The van der Waals surface area contributed by atoms with E-state index in [0.717, 1.165) is 36.2 Å². The zero-order chi connectivity index (χ0) is 14.5. The Labute approximate surface area is 139 Å². The van der Waals surface area contributed by atoms with Gasteiger partial charge in [-0.3, -0.25) is 4.90 Å². The molecule has 1 saturated heterocycles. The van der Waals surface area contributed by atoms with E-state index >= 15 is 0 Å². The van der Waals surface area contributed by atoms with E-state index < -0.39 is 0 Å². The number of phenols is 1. The first kappa shape index (κ1) is 18.5. The molecule has 0 spiro atoms. The Hall–Kier alpha value is -0.530. The quantitative estimate of drug-likeness (QED) is 0.727. The van der Waals surface area contributed by atoms with Gasteiger partial charge in [0.2, 0.25) is 0 Å². The van der Waals surface area contributed by atoms with Crippen LogP contribution in [0.3, 0.4) is 0 Å². The smallest absolute Gasteiger partial charge is 0.162 e. The molecule has 21 heavy (non-hydrogen) atoms. The van der Waals surface area contributed by atoms with Gasteiger partial charge in [-0.1, -0.05) is 15.9 Å². The molecule has 0 amide bonds. The van der Waals surface area contributed by atoms with E-state index in [0.29, 0.717) is 12.2 Å². The standard InChI is InChI=1S/C14H21BrN2O3.ClH/c1-20-13-9-10(15)8-11(14(13)19)12(2-7-18)17-5-3-16-4-6-17;/h8-9,12,16,18-19H,2-7H2,1H3;1H/t12-;/m1./s1. The minimum Gasteiger partial charge on any atom is -0.504 e. The molecule has 0 aromatic heterocycles. The molecule has 1 aliphatic heterocycles. The lowest BCUT2D eigenvalue weighted by Crippen LogP contribution is -2.45. The molecule has 0 bridgehead atoms. The van der Waals surface area contributed by atoms with Crippen LogP contribution in [0.4, 0.5) is 0 Å². The van der Waals surface area contributed by atoms with Crippen LogP contribution in [0.15, 0.2) is 16.6 Å². The molecule has 1 aliphatic rings. The minimum atomic E-state index is -0.00602. The number of ether oxygens (including phenoxy) is 1. The van der Waals surface area contributed by atoms with Crippen molar-refractivity contribution in [1.29, 1.82) is 0 Å². The van der Waals surface area contributed by atoms with Gasteiger partial charge in [-0.05, 0) is 18.6 Å². The third-order valence-electron chi connectivity index (χ3n) is 3.64. The summed E-state index contributed by atoms with van der Waals surface area (Å²) in [5, 5.41) is 23.0. The van der Waals surface area contributed by atoms with Crippen LogP contribution in [-0.2, 0) is 0 Å². The average molecular weight is 382 g/mol. The van der Waals surface area contributed by atoms with Crippen molar-refractivity contribution in [3.8, 4) is 11.5 Å². The summed E-state index contributed by atoms with van der Waals surface area (Å²) < 4.78 is 6.07. The summed E-state index contributed by atoms with van der Waals surface area (Å²) in [7, 11) is 1.54. The number of hydrogen-bond acceptors (Lipinski definition) is 5. The predicted octanol–water partition coefficient (Wildman–Crippen LogP) is 1.91. The second-order valence-corrected chi connectivity index (χ2v) is 5.78. The van der Waals surface area contributed by atoms with Gasteiger partial charge in [-0.25, -0.2) is 0 Å². The third-order valence-corrected chi connectivity index (χ3v) is 4.10. The van der Waals surface area contributed by atoms with Gasteiger partial charge in [-0.15, -0.1) is 12.4 Å². The summed E-state index contributed by atoms with van der Waals surface area (Å²) in [6.45, 7) is 3.74. The average Bonchev–Trinajstić information content (AvgIpc) is 2.48. The number of aromatic hydroxyl groups is 1. The molecular formula is C14H22BrClN2O3. The van der Waals surface area contributed by atoms with Gasteiger partial charge in [-0.2, -0.15) is 0 Å². The molecule has 0 aliphatic carbocycles. The maximum Gasteiger partial charge on any atom is 0.162 e. The van der Waals surface area contributed by atoms with Crippen LogP contribution in [0.2, 0.25) is 0 Å². The summed E-state index contributed by atoms with van der Waals surface area (Å²) in [4.78, 5) is 2.29. The number of halogens is 2. The zero-order valence-corrected chi connectivity index (χ0v) is 14.4. The van der Waals surface area contributed by atoms with Crippen LogP contribution in [0.25, 0.3) is 0 Å². The van der Waals surface area contributed by atoms with Gasteiger partial charge in [0.15, 0.2) is 11.5 Å². The number of phenolic OH excluding ortho intramolecular Hbond substituents is 1. The van der Waals surface area contributed by atoms with E-state index in [-0.39, 0.29) is 30.8 Å². The first-order valence-electron chi connectivity index (χ1n) is 6.79. The number of piperazine rings is 1. The number of rotatable bonds is 5. The van der Waals surface area contributed by atoms with Crippen molar-refractivity contribution in [3.05, 3.63) is 22.2 Å². The molecule has 1 aromatic carbocycles. The fraction of sp³-hybridized carbons (Fsp3) is 0.571. The van der Waals surface area contributed by atoms with Gasteiger partial charge in [0, 0.05) is 48.9 Å². The molecule has 1 atom stereocenters. The molecule has 1 aromatic rings. The fourth-order valence-electron chi connectivity index (χ4n) is 2.65. The molecular weight excluding hydrogens is 360 g/mol. The van der Waals surface area contributed by atoms with E-state index in [1.807, 2.05) is 6.07 Å². The number of aliphatic hydroxyl groups excluding tert-OH is 1. The lowest BCUT2D eigenvalue weighted by molar-refractivity contribution is 0.138. The highest BCUT2D eigenvalue weighted by Gasteiger charge is 2.25. The maximum absolute atomic E-state index is 10.4. The van der Waals surface area contributed by atoms with Crippen molar-refractivity contribution in [1.82, 2.24) is 10.2 Å². The highest BCUT2D eigenvalue weighted by molar-refractivity contribution is 9.10. The zero-order valence-electron chi connectivity index (χ0n) is 12.0. The monoisotopic (exact) mass is 380 g/mol. The normalized spacial score (nSPS) is 17.1. The van der Waals surface area contributed by atoms with Crippen molar-refractivity contribution in [2.45, 2.75) is 12.5 Å². The van der Waals surface area contributed by atoms with Gasteiger partial charge in [0.25, 0.3) is 0 Å². The Bertz CT molecular complexity index is 456. The van der Waals surface area contributed by atoms with Crippen molar-refractivity contribution >= 4 is 28.3 Å². The Morgan fingerprint density at radius 1 is 1.38 bits per heavy atom. The first-order valence-corrected chi connectivity index (χ1v) is 7.58. The third kappa shape index (κ3) is 4.47. The second kappa shape index (κ2) is 8.80. The molecule has 0 saturated carbocycles. The van der Waals surface area contributed by atoms with Gasteiger partial charge in [0.1, 0.15) is 0 Å². The van der Waals surface area contributed by atoms with Crippen LogP contribution >= 0.6 is 28.3 Å². The predicted molar refractivity (Wildman–Crippen MR) is 88.5 cm³/mol. The number of nitrogens with one attached hydrogen (secondary N) is 1. The van der Waals surface area contributed by atoms with Crippen LogP contribution in [0.1, 0.15) is 18.0 Å². The van der Waals surface area contributed by atoms with Gasteiger partial charge < -0.3 is 20.3 Å². The lowest BCUT2D eigenvalue weighted by atomic mass is 10.00. The van der Waals surface area contributed by atoms with E-state index in [1.165, 1.54) is 7.11 Å². The van der Waals surface area contributed by atoms with Gasteiger partial charge >= 0.3 is 0 Å². The molecule has 120 valence electrons. The van der Waals surface area contributed by atoms with Crippen LogP contribution in [0, 0.1) is 0 Å². The first-order chi connectivity index (χ1) is 9.67. The molecule has 1 heterocycles. The molecule has 1 fully saturated rings. The summed E-state index contributed by atoms with van der Waals surface area (Å²) in [6, 6.07) is 3.64. The Kier molecular flexibility index (Phi) is 7.76. The van der Waals surface area contributed by atoms with E-state index in [1.54, 1.807) is 6.07 Å². The van der Waals surface area contributed by atoms with Crippen LogP contribution in [0.5, 0.6) is 11.5 Å². The fourth-order valence-corrected chi connectivity index (χ4v) is 3.11. The van der Waals surface area contributed by atoms with Crippen molar-refractivity contribution in [2.24, 2.45) is 0 Å². The van der Waals surface area contributed by atoms with Crippen molar-refractivity contribution in [3.63, 3.8) is 0 Å². The number of nitrogens with zero attached hydrogens (tertiary/aromatic N) is 1. The molecule has 5 nitrogen and oxygen atoms in total. The summed E-state index contributed by atoms with van der Waals surface area (Å²) in [5.74, 6) is 0.611. The number of methoxy groups -OCH3 is 1. The second-order valence-electron chi connectivity index (χ2n) is 4.86. The Morgan fingerprint density at radius 2 is 2.05 bits per heavy atom. The van der Waals surface area contributed by atoms with Crippen LogP contribution < -0.4 is 10.1 Å². The maximum atomic E-state index is 10.4. The molecule has 3 N–H and O–H groups in total. The highest BCUT2D eigenvalue weighted by Crippen LogP contribution is 2.40. The summed E-state index contributed by atoms with van der Waals surface area (Å²) in [6.07, 6.45) is 0.590. The number of hydrogen-bond donors (Lipinski definition) is 3. The van der Waals surface area contributed by atoms with E-state index in [4.69, 9.17) is 4.74 Å².